The first-order chi connectivity index (χ1) is 19.1. The number of hydrogen-bond acceptors (Lipinski definition) is 8. The van der Waals surface area contributed by atoms with Crippen molar-refractivity contribution in [3.63, 3.8) is 0 Å². The summed E-state index contributed by atoms with van der Waals surface area (Å²) < 4.78 is 24.0. The summed E-state index contributed by atoms with van der Waals surface area (Å²) in [6, 6.07) is 11.6. The Kier molecular flexibility index (Phi) is 7.47. The van der Waals surface area contributed by atoms with E-state index in [-0.39, 0.29) is 6.10 Å². The highest BCUT2D eigenvalue weighted by molar-refractivity contribution is 6.35. The molecular formula is C30H31ClN4O4. The summed E-state index contributed by atoms with van der Waals surface area (Å²) in [6.45, 7) is 4.13. The van der Waals surface area contributed by atoms with E-state index in [1.807, 2.05) is 24.3 Å². The second-order valence-electron chi connectivity index (χ2n) is 10.3. The number of anilines is 2. The number of piperidine rings is 1. The number of likely N-dealkylation sites (tertiary alicyclic amines) is 1. The van der Waals surface area contributed by atoms with E-state index < -0.39 is 0 Å². The Hall–Kier alpha value is -3.51. The minimum absolute atomic E-state index is 0.00873. The van der Waals surface area contributed by atoms with E-state index >= 15 is 0 Å². The number of furan rings is 1. The first-order valence-corrected chi connectivity index (χ1v) is 13.8. The van der Waals surface area contributed by atoms with Crippen molar-refractivity contribution < 1.29 is 18.6 Å². The predicted molar refractivity (Wildman–Crippen MR) is 151 cm³/mol. The fraction of sp³-hybridized carbons (Fsp3) is 0.400. The molecule has 4 heterocycles. The van der Waals surface area contributed by atoms with Gasteiger partial charge < -0.3 is 28.8 Å². The van der Waals surface area contributed by atoms with Gasteiger partial charge in [-0.3, -0.25) is 4.98 Å². The number of rotatable bonds is 7. The van der Waals surface area contributed by atoms with Gasteiger partial charge in [-0.25, -0.2) is 0 Å². The van der Waals surface area contributed by atoms with Gasteiger partial charge in [0.15, 0.2) is 0 Å². The molecule has 2 aliphatic heterocycles. The van der Waals surface area contributed by atoms with E-state index in [0.717, 1.165) is 44.2 Å². The largest absolute Gasteiger partial charge is 0.493 e. The highest BCUT2D eigenvalue weighted by Gasteiger charge is 2.23. The molecule has 2 aromatic heterocycles. The molecule has 2 fully saturated rings. The Labute approximate surface area is 232 Å². The third-order valence-electron chi connectivity index (χ3n) is 7.65. The maximum absolute atomic E-state index is 10.0. The van der Waals surface area contributed by atoms with E-state index in [9.17, 15) is 5.26 Å². The third kappa shape index (κ3) is 5.48. The maximum atomic E-state index is 10.0. The van der Waals surface area contributed by atoms with Crippen LogP contribution in [0.25, 0.3) is 21.9 Å². The van der Waals surface area contributed by atoms with Crippen LogP contribution in [-0.4, -0.2) is 55.9 Å². The molecule has 2 aliphatic rings. The van der Waals surface area contributed by atoms with Gasteiger partial charge in [-0.15, -0.1) is 0 Å². The number of nitrogens with one attached hydrogen (secondary N) is 1. The second kappa shape index (κ2) is 11.3. The Morgan fingerprint density at radius 2 is 1.95 bits per heavy atom. The summed E-state index contributed by atoms with van der Waals surface area (Å²) >= 11 is 6.63. The highest BCUT2D eigenvalue weighted by Crippen LogP contribution is 2.42. The molecule has 0 bridgehead atoms. The summed E-state index contributed by atoms with van der Waals surface area (Å²) in [7, 11) is 2.16. The summed E-state index contributed by atoms with van der Waals surface area (Å²) in [4.78, 5) is 7.00. The molecule has 0 spiro atoms. The monoisotopic (exact) mass is 546 g/mol. The minimum Gasteiger partial charge on any atom is -0.493 e. The number of pyridine rings is 1. The molecule has 2 saturated heterocycles. The minimum atomic E-state index is -0.00873. The number of halogens is 1. The van der Waals surface area contributed by atoms with Crippen LogP contribution in [0.5, 0.6) is 11.5 Å². The molecule has 39 heavy (non-hydrogen) atoms. The van der Waals surface area contributed by atoms with Gasteiger partial charge in [0.2, 0.25) is 0 Å². The van der Waals surface area contributed by atoms with Crippen molar-refractivity contribution in [2.45, 2.75) is 31.8 Å². The normalized spacial score (nSPS) is 17.4. The van der Waals surface area contributed by atoms with Crippen molar-refractivity contribution in [1.29, 1.82) is 5.26 Å². The van der Waals surface area contributed by atoms with Crippen molar-refractivity contribution in [2.24, 2.45) is 5.92 Å². The molecule has 0 radical (unpaired) electrons. The van der Waals surface area contributed by atoms with Crippen molar-refractivity contribution in [3.05, 3.63) is 53.4 Å². The predicted octanol–water partition coefficient (Wildman–Crippen LogP) is 6.53. The lowest BCUT2D eigenvalue weighted by Gasteiger charge is -2.29. The topological polar surface area (TPSA) is 92.8 Å². The van der Waals surface area contributed by atoms with E-state index in [1.165, 1.54) is 0 Å². The van der Waals surface area contributed by atoms with Crippen LogP contribution in [-0.2, 0) is 4.74 Å². The molecule has 0 unspecified atom stereocenters. The Morgan fingerprint density at radius 3 is 2.74 bits per heavy atom. The lowest BCUT2D eigenvalue weighted by atomic mass is 9.98. The van der Waals surface area contributed by atoms with Crippen LogP contribution in [0.15, 0.2) is 47.2 Å². The molecule has 0 amide bonds. The average Bonchev–Trinajstić information content (AvgIpc) is 3.44. The van der Waals surface area contributed by atoms with Crippen LogP contribution in [0.1, 0.15) is 31.2 Å². The number of hydrogen-bond donors (Lipinski definition) is 1. The zero-order valence-corrected chi connectivity index (χ0v) is 22.7. The summed E-state index contributed by atoms with van der Waals surface area (Å²) in [6.07, 6.45) is 7.00. The summed E-state index contributed by atoms with van der Waals surface area (Å²) in [5.74, 6) is 1.85. The standard InChI is InChI=1S/C30H31ClN4O4/c1-35-9-4-19(5-10-35)18-38-22-14-25-28(27(15-22)39-21-6-11-36-12-7-21)29(20(16-32)17-33-25)34-30-23-8-13-37-26(23)3-2-24(30)31/h2-3,8,13-15,17,19,21H,4-7,9-12,18H2,1H3,(H,33,34). The smallest absolute Gasteiger partial charge is 0.136 e. The summed E-state index contributed by atoms with van der Waals surface area (Å²) in [5.41, 5.74) is 3.00. The molecule has 2 aromatic carbocycles. The van der Waals surface area contributed by atoms with Gasteiger partial charge in [0.1, 0.15) is 29.3 Å². The van der Waals surface area contributed by atoms with Crippen LogP contribution < -0.4 is 14.8 Å². The Bertz CT molecular complexity index is 1520. The van der Waals surface area contributed by atoms with Gasteiger partial charge in [0.05, 0.1) is 58.9 Å². The second-order valence-corrected chi connectivity index (χ2v) is 10.7. The van der Waals surface area contributed by atoms with Crippen molar-refractivity contribution in [1.82, 2.24) is 9.88 Å². The molecule has 0 aliphatic carbocycles. The van der Waals surface area contributed by atoms with Crippen molar-refractivity contribution >= 4 is 44.8 Å². The molecule has 202 valence electrons. The van der Waals surface area contributed by atoms with Crippen LogP contribution >= 0.6 is 11.6 Å². The van der Waals surface area contributed by atoms with Gasteiger partial charge in [-0.2, -0.15) is 5.26 Å². The van der Waals surface area contributed by atoms with Gasteiger partial charge >= 0.3 is 0 Å². The van der Waals surface area contributed by atoms with Crippen LogP contribution in [0.3, 0.4) is 0 Å². The van der Waals surface area contributed by atoms with E-state index in [2.05, 4.69) is 28.3 Å². The van der Waals surface area contributed by atoms with Crippen LogP contribution in [0.2, 0.25) is 5.02 Å². The molecule has 1 N–H and O–H groups in total. The number of fused-ring (bicyclic) bond motifs is 2. The zero-order chi connectivity index (χ0) is 26.8. The lowest BCUT2D eigenvalue weighted by molar-refractivity contribution is 0.0261. The molecule has 0 saturated carbocycles. The average molecular weight is 547 g/mol. The SMILES string of the molecule is CN1CCC(COc2cc(OC3CCOCC3)c3c(Nc4c(Cl)ccc5occc45)c(C#N)cnc3c2)CC1. The number of aromatic nitrogens is 1. The quantitative estimate of drug-likeness (QED) is 0.280. The van der Waals surface area contributed by atoms with Crippen LogP contribution in [0.4, 0.5) is 11.4 Å². The van der Waals surface area contributed by atoms with E-state index in [1.54, 1.807) is 18.5 Å². The zero-order valence-electron chi connectivity index (χ0n) is 21.9. The first kappa shape index (κ1) is 25.8. The number of benzene rings is 2. The molecule has 8 nitrogen and oxygen atoms in total. The summed E-state index contributed by atoms with van der Waals surface area (Å²) in [5, 5.41) is 15.5. The van der Waals surface area contributed by atoms with E-state index in [0.29, 0.717) is 75.7 Å². The molecule has 4 aromatic rings. The van der Waals surface area contributed by atoms with Gasteiger partial charge in [0.25, 0.3) is 0 Å². The molecule has 9 heteroatoms. The molecule has 6 rings (SSSR count). The third-order valence-corrected chi connectivity index (χ3v) is 7.96. The van der Waals surface area contributed by atoms with Crippen LogP contribution in [0, 0.1) is 17.2 Å². The number of nitrogens with zero attached hydrogens (tertiary/aromatic N) is 3. The fourth-order valence-corrected chi connectivity index (χ4v) is 5.55. The number of ether oxygens (including phenoxy) is 3. The first-order valence-electron chi connectivity index (χ1n) is 13.4. The van der Waals surface area contributed by atoms with Crippen molar-refractivity contribution in [2.75, 3.05) is 45.3 Å². The highest BCUT2D eigenvalue weighted by atomic mass is 35.5. The number of nitriles is 1. The molecular weight excluding hydrogens is 516 g/mol. The Balaban J connectivity index is 1.41. The maximum Gasteiger partial charge on any atom is 0.136 e. The van der Waals surface area contributed by atoms with Gasteiger partial charge in [-0.1, -0.05) is 11.6 Å². The van der Waals surface area contributed by atoms with Gasteiger partial charge in [0, 0.05) is 36.6 Å². The van der Waals surface area contributed by atoms with Gasteiger partial charge in [-0.05, 0) is 57.1 Å². The Morgan fingerprint density at radius 1 is 1.13 bits per heavy atom. The van der Waals surface area contributed by atoms with E-state index in [4.69, 9.17) is 30.2 Å². The lowest BCUT2D eigenvalue weighted by Crippen LogP contribution is -2.32. The molecule has 0 atom stereocenters. The fourth-order valence-electron chi connectivity index (χ4n) is 5.34. The van der Waals surface area contributed by atoms with Crippen molar-refractivity contribution in [3.8, 4) is 17.6 Å².